The minimum atomic E-state index is -0.766. The number of halogens is 2. The van der Waals surface area contributed by atoms with E-state index in [0.717, 1.165) is 16.3 Å². The van der Waals surface area contributed by atoms with Crippen molar-refractivity contribution in [3.05, 3.63) is 112 Å². The van der Waals surface area contributed by atoms with Crippen molar-refractivity contribution in [3.8, 4) is 5.75 Å². The van der Waals surface area contributed by atoms with E-state index in [4.69, 9.17) is 27.9 Å². The second-order valence-electron chi connectivity index (χ2n) is 8.62. The van der Waals surface area contributed by atoms with Crippen molar-refractivity contribution in [2.75, 3.05) is 13.2 Å². The van der Waals surface area contributed by atoms with E-state index in [-0.39, 0.29) is 25.0 Å². The Morgan fingerprint density at radius 1 is 0.919 bits per heavy atom. The molecule has 5 nitrogen and oxygen atoms in total. The third kappa shape index (κ3) is 6.82. The van der Waals surface area contributed by atoms with Gasteiger partial charge in [0.15, 0.2) is 6.61 Å². The Morgan fingerprint density at radius 2 is 1.65 bits per heavy atom. The standard InChI is InChI=1S/C30H28Cl2N2O3/c1-2-33-30(36)27(17-21-9-4-3-5-10-21)34(19-23-15-16-24(31)18-26(23)32)29(35)20-37-28-14-8-12-22-11-6-7-13-25(22)28/h3-16,18,27H,2,17,19-20H2,1H3,(H,33,36)/t27-/m1/s1. The van der Waals surface area contributed by atoms with Gasteiger partial charge >= 0.3 is 0 Å². The van der Waals surface area contributed by atoms with Gasteiger partial charge in [0.2, 0.25) is 5.91 Å². The number of carbonyl (C=O) groups is 2. The normalized spacial score (nSPS) is 11.6. The lowest BCUT2D eigenvalue weighted by Gasteiger charge is -2.31. The van der Waals surface area contributed by atoms with Gasteiger partial charge in [-0.2, -0.15) is 0 Å². The summed E-state index contributed by atoms with van der Waals surface area (Å²) in [5, 5.41) is 5.73. The molecule has 4 rings (SSSR count). The van der Waals surface area contributed by atoms with E-state index < -0.39 is 6.04 Å². The van der Waals surface area contributed by atoms with Gasteiger partial charge in [0.25, 0.3) is 5.91 Å². The van der Waals surface area contributed by atoms with Crippen LogP contribution >= 0.6 is 23.2 Å². The SMILES string of the molecule is CCNC(=O)[C@@H](Cc1ccccc1)N(Cc1ccc(Cl)cc1Cl)C(=O)COc1cccc2ccccc12. The lowest BCUT2D eigenvalue weighted by atomic mass is 10.0. The number of ether oxygens (including phenoxy) is 1. The van der Waals surface area contributed by atoms with E-state index in [1.807, 2.05) is 79.7 Å². The number of benzene rings is 4. The van der Waals surface area contributed by atoms with Gasteiger partial charge in [-0.3, -0.25) is 9.59 Å². The first kappa shape index (κ1) is 26.5. The number of hydrogen-bond acceptors (Lipinski definition) is 3. The zero-order valence-electron chi connectivity index (χ0n) is 20.5. The highest BCUT2D eigenvalue weighted by Gasteiger charge is 2.31. The minimum absolute atomic E-state index is 0.127. The average molecular weight is 535 g/mol. The first-order valence-corrected chi connectivity index (χ1v) is 12.9. The van der Waals surface area contributed by atoms with Crippen LogP contribution in [-0.2, 0) is 22.6 Å². The molecular weight excluding hydrogens is 507 g/mol. The predicted molar refractivity (Wildman–Crippen MR) is 149 cm³/mol. The van der Waals surface area contributed by atoms with Gasteiger partial charge in [0.05, 0.1) is 0 Å². The van der Waals surface area contributed by atoms with Crippen LogP contribution in [0.25, 0.3) is 10.8 Å². The first-order chi connectivity index (χ1) is 18.0. The van der Waals surface area contributed by atoms with Crippen molar-refractivity contribution in [1.29, 1.82) is 0 Å². The molecular formula is C30H28Cl2N2O3. The molecule has 1 atom stereocenters. The fraction of sp³-hybridized carbons (Fsp3) is 0.200. The molecule has 4 aromatic carbocycles. The zero-order chi connectivity index (χ0) is 26.2. The summed E-state index contributed by atoms with van der Waals surface area (Å²) in [6.07, 6.45) is 0.345. The molecule has 4 aromatic rings. The van der Waals surface area contributed by atoms with E-state index >= 15 is 0 Å². The zero-order valence-corrected chi connectivity index (χ0v) is 22.0. The second-order valence-corrected chi connectivity index (χ2v) is 9.47. The van der Waals surface area contributed by atoms with Crippen molar-refractivity contribution in [2.24, 2.45) is 0 Å². The molecule has 0 saturated carbocycles. The van der Waals surface area contributed by atoms with E-state index in [2.05, 4.69) is 5.32 Å². The highest BCUT2D eigenvalue weighted by atomic mass is 35.5. The topological polar surface area (TPSA) is 58.6 Å². The third-order valence-corrected chi connectivity index (χ3v) is 6.67. The smallest absolute Gasteiger partial charge is 0.261 e. The van der Waals surface area contributed by atoms with E-state index in [1.165, 1.54) is 4.90 Å². The molecule has 0 aromatic heterocycles. The highest BCUT2D eigenvalue weighted by Crippen LogP contribution is 2.27. The fourth-order valence-corrected chi connectivity index (χ4v) is 4.69. The van der Waals surface area contributed by atoms with Crippen LogP contribution in [0.2, 0.25) is 10.0 Å². The molecule has 0 saturated heterocycles. The van der Waals surface area contributed by atoms with Crippen LogP contribution in [0.15, 0.2) is 91.0 Å². The van der Waals surface area contributed by atoms with Crippen LogP contribution < -0.4 is 10.1 Å². The Balaban J connectivity index is 1.65. The van der Waals surface area contributed by atoms with Gasteiger partial charge in [-0.05, 0) is 41.6 Å². The Bertz CT molecular complexity index is 1370. The van der Waals surface area contributed by atoms with Gasteiger partial charge in [0, 0.05) is 34.9 Å². The molecule has 0 fully saturated rings. The summed E-state index contributed by atoms with van der Waals surface area (Å²) >= 11 is 12.6. The first-order valence-electron chi connectivity index (χ1n) is 12.1. The van der Waals surface area contributed by atoms with Crippen molar-refractivity contribution >= 4 is 45.8 Å². The molecule has 7 heteroatoms. The molecule has 0 aliphatic carbocycles. The molecule has 0 unspecified atom stereocenters. The number of likely N-dealkylation sites (N-methyl/N-ethyl adjacent to an activating group) is 1. The molecule has 1 N–H and O–H groups in total. The summed E-state index contributed by atoms with van der Waals surface area (Å²) in [6.45, 7) is 2.19. The van der Waals surface area contributed by atoms with E-state index in [9.17, 15) is 9.59 Å². The van der Waals surface area contributed by atoms with Gasteiger partial charge in [-0.1, -0.05) is 96.0 Å². The predicted octanol–water partition coefficient (Wildman–Crippen LogP) is 6.30. The van der Waals surface area contributed by atoms with Crippen LogP contribution in [0.3, 0.4) is 0 Å². The largest absolute Gasteiger partial charge is 0.483 e. The maximum atomic E-state index is 13.7. The number of nitrogens with zero attached hydrogens (tertiary/aromatic N) is 1. The Labute approximate surface area is 226 Å². The highest BCUT2D eigenvalue weighted by molar-refractivity contribution is 6.35. The lowest BCUT2D eigenvalue weighted by molar-refractivity contribution is -0.142. The van der Waals surface area contributed by atoms with Crippen molar-refractivity contribution in [1.82, 2.24) is 10.2 Å². The lowest BCUT2D eigenvalue weighted by Crippen LogP contribution is -2.51. The molecule has 0 radical (unpaired) electrons. The molecule has 0 aliphatic rings. The molecule has 0 aliphatic heterocycles. The van der Waals surface area contributed by atoms with Crippen LogP contribution in [0, 0.1) is 0 Å². The van der Waals surface area contributed by atoms with Gasteiger partial charge in [0.1, 0.15) is 11.8 Å². The Morgan fingerprint density at radius 3 is 2.41 bits per heavy atom. The molecule has 37 heavy (non-hydrogen) atoms. The summed E-state index contributed by atoms with van der Waals surface area (Å²) in [5.41, 5.74) is 1.63. The second kappa shape index (κ2) is 12.6. The number of carbonyl (C=O) groups excluding carboxylic acids is 2. The Hall–Kier alpha value is -3.54. The quantitative estimate of drug-likeness (QED) is 0.259. The number of rotatable bonds is 10. The third-order valence-electron chi connectivity index (χ3n) is 6.08. The van der Waals surface area contributed by atoms with Gasteiger partial charge in [-0.15, -0.1) is 0 Å². The average Bonchev–Trinajstić information content (AvgIpc) is 2.91. The minimum Gasteiger partial charge on any atom is -0.483 e. The monoisotopic (exact) mass is 534 g/mol. The summed E-state index contributed by atoms with van der Waals surface area (Å²) in [6, 6.07) is 27.5. The number of hydrogen-bond donors (Lipinski definition) is 1. The number of fused-ring (bicyclic) bond motifs is 1. The maximum absolute atomic E-state index is 13.7. The molecule has 190 valence electrons. The summed E-state index contributed by atoms with van der Waals surface area (Å²) in [7, 11) is 0. The number of amides is 2. The van der Waals surface area contributed by atoms with Crippen molar-refractivity contribution in [2.45, 2.75) is 25.9 Å². The van der Waals surface area contributed by atoms with Crippen LogP contribution in [-0.4, -0.2) is 35.9 Å². The summed E-state index contributed by atoms with van der Waals surface area (Å²) in [5.74, 6) is 0.0367. The van der Waals surface area contributed by atoms with Crippen LogP contribution in [0.1, 0.15) is 18.1 Å². The maximum Gasteiger partial charge on any atom is 0.261 e. The molecule has 2 amide bonds. The molecule has 0 bridgehead atoms. The van der Waals surface area contributed by atoms with Gasteiger partial charge < -0.3 is 15.0 Å². The van der Waals surface area contributed by atoms with Gasteiger partial charge in [-0.25, -0.2) is 0 Å². The summed E-state index contributed by atoms with van der Waals surface area (Å²) in [4.78, 5) is 28.5. The van der Waals surface area contributed by atoms with Crippen molar-refractivity contribution in [3.63, 3.8) is 0 Å². The molecule has 0 heterocycles. The summed E-state index contributed by atoms with van der Waals surface area (Å²) < 4.78 is 6.01. The van der Waals surface area contributed by atoms with Crippen molar-refractivity contribution < 1.29 is 14.3 Å². The Kier molecular flexibility index (Phi) is 9.04. The number of nitrogens with one attached hydrogen (secondary N) is 1. The van der Waals surface area contributed by atoms with E-state index in [1.54, 1.807) is 18.2 Å². The van der Waals surface area contributed by atoms with Crippen LogP contribution in [0.4, 0.5) is 0 Å². The van der Waals surface area contributed by atoms with Crippen LogP contribution in [0.5, 0.6) is 5.75 Å². The molecule has 0 spiro atoms. The fourth-order valence-electron chi connectivity index (χ4n) is 4.22. The van der Waals surface area contributed by atoms with E-state index in [0.29, 0.717) is 34.3 Å².